The maximum Gasteiger partial charge on any atom is 0.252 e. The Hall–Kier alpha value is -1.89. The molecule has 92 valence electrons. The number of aliphatic hydroxyl groups is 1. The van der Waals surface area contributed by atoms with Gasteiger partial charge in [-0.3, -0.25) is 14.6 Å². The standard InChI is InChI=1S/C10H14N4O3/c11-10-12-6(4-8(16)13-10)7-2-1-3-14(7)9(17)5-15/h4,7,15H,1-3,5H2,(H3,11,12,13,16)/t7-/m0/s1. The van der Waals surface area contributed by atoms with Crippen molar-refractivity contribution in [3.8, 4) is 0 Å². The Balaban J connectivity index is 2.32. The Labute approximate surface area is 97.3 Å². The van der Waals surface area contributed by atoms with Gasteiger partial charge in [-0.25, -0.2) is 4.98 Å². The summed E-state index contributed by atoms with van der Waals surface area (Å²) in [5.41, 5.74) is 5.60. The first-order valence-electron chi connectivity index (χ1n) is 5.39. The number of carbonyl (C=O) groups is 1. The number of H-pyrrole nitrogens is 1. The van der Waals surface area contributed by atoms with Crippen molar-refractivity contribution >= 4 is 11.9 Å². The highest BCUT2D eigenvalue weighted by Crippen LogP contribution is 2.30. The van der Waals surface area contributed by atoms with E-state index in [9.17, 15) is 9.59 Å². The van der Waals surface area contributed by atoms with Gasteiger partial charge in [-0.15, -0.1) is 0 Å². The molecule has 0 bridgehead atoms. The van der Waals surface area contributed by atoms with E-state index in [1.807, 2.05) is 0 Å². The van der Waals surface area contributed by atoms with Gasteiger partial charge in [-0.1, -0.05) is 0 Å². The fraction of sp³-hybridized carbons (Fsp3) is 0.500. The van der Waals surface area contributed by atoms with Gasteiger partial charge in [0, 0.05) is 12.6 Å². The summed E-state index contributed by atoms with van der Waals surface area (Å²) in [4.78, 5) is 30.7. The number of likely N-dealkylation sites (tertiary alicyclic amines) is 1. The van der Waals surface area contributed by atoms with Crippen molar-refractivity contribution in [1.29, 1.82) is 0 Å². The van der Waals surface area contributed by atoms with Gasteiger partial charge in [0.15, 0.2) is 0 Å². The summed E-state index contributed by atoms with van der Waals surface area (Å²) in [7, 11) is 0. The molecule has 7 nitrogen and oxygen atoms in total. The lowest BCUT2D eigenvalue weighted by atomic mass is 10.1. The molecule has 1 amide bonds. The molecule has 1 aliphatic heterocycles. The smallest absolute Gasteiger partial charge is 0.252 e. The van der Waals surface area contributed by atoms with Crippen molar-refractivity contribution < 1.29 is 9.90 Å². The van der Waals surface area contributed by atoms with Crippen molar-refractivity contribution in [1.82, 2.24) is 14.9 Å². The summed E-state index contributed by atoms with van der Waals surface area (Å²) in [6, 6.07) is 1.07. The monoisotopic (exact) mass is 238 g/mol. The number of nitrogens with two attached hydrogens (primary N) is 1. The Kier molecular flexibility index (Phi) is 3.10. The van der Waals surface area contributed by atoms with Gasteiger partial charge in [-0.05, 0) is 12.8 Å². The number of hydrogen-bond acceptors (Lipinski definition) is 5. The topological polar surface area (TPSA) is 112 Å². The van der Waals surface area contributed by atoms with E-state index >= 15 is 0 Å². The predicted octanol–water partition coefficient (Wildman–Crippen LogP) is -0.992. The number of aliphatic hydroxyl groups excluding tert-OH is 1. The first-order chi connectivity index (χ1) is 8.11. The van der Waals surface area contributed by atoms with Crippen molar-refractivity contribution in [2.75, 3.05) is 18.9 Å². The molecule has 0 spiro atoms. The van der Waals surface area contributed by atoms with Crippen LogP contribution in [0.15, 0.2) is 10.9 Å². The van der Waals surface area contributed by atoms with Crippen LogP contribution in [0, 0.1) is 0 Å². The number of anilines is 1. The lowest BCUT2D eigenvalue weighted by molar-refractivity contribution is -0.135. The van der Waals surface area contributed by atoms with Crippen molar-refractivity contribution in [3.63, 3.8) is 0 Å². The highest BCUT2D eigenvalue weighted by atomic mass is 16.3. The molecule has 2 rings (SSSR count). The van der Waals surface area contributed by atoms with Crippen LogP contribution in [-0.4, -0.2) is 39.0 Å². The van der Waals surface area contributed by atoms with E-state index in [1.165, 1.54) is 11.0 Å². The quantitative estimate of drug-likeness (QED) is 0.612. The number of rotatable bonds is 2. The number of nitrogens with one attached hydrogen (secondary N) is 1. The molecule has 0 radical (unpaired) electrons. The number of nitrogen functional groups attached to an aromatic ring is 1. The van der Waals surface area contributed by atoms with Crippen LogP contribution in [0.5, 0.6) is 0 Å². The number of carbonyl (C=O) groups excluding carboxylic acids is 1. The zero-order chi connectivity index (χ0) is 12.4. The number of aromatic amines is 1. The third kappa shape index (κ3) is 2.28. The average molecular weight is 238 g/mol. The molecule has 2 heterocycles. The van der Waals surface area contributed by atoms with E-state index in [1.54, 1.807) is 0 Å². The van der Waals surface area contributed by atoms with Gasteiger partial charge in [0.2, 0.25) is 11.9 Å². The van der Waals surface area contributed by atoms with E-state index in [-0.39, 0.29) is 23.5 Å². The van der Waals surface area contributed by atoms with E-state index < -0.39 is 6.61 Å². The molecule has 0 aliphatic carbocycles. The molecule has 0 unspecified atom stereocenters. The summed E-state index contributed by atoms with van der Waals surface area (Å²) in [5, 5.41) is 8.86. The fourth-order valence-electron chi connectivity index (χ4n) is 2.13. The Morgan fingerprint density at radius 3 is 3.12 bits per heavy atom. The molecule has 0 aromatic carbocycles. The summed E-state index contributed by atoms with van der Waals surface area (Å²) in [6.07, 6.45) is 1.55. The van der Waals surface area contributed by atoms with E-state index in [0.29, 0.717) is 12.2 Å². The third-order valence-corrected chi connectivity index (χ3v) is 2.83. The largest absolute Gasteiger partial charge is 0.387 e. The van der Waals surface area contributed by atoms with Crippen LogP contribution in [0.4, 0.5) is 5.95 Å². The molecular formula is C10H14N4O3. The van der Waals surface area contributed by atoms with Gasteiger partial charge >= 0.3 is 0 Å². The molecule has 7 heteroatoms. The van der Waals surface area contributed by atoms with Crippen molar-refractivity contribution in [2.45, 2.75) is 18.9 Å². The van der Waals surface area contributed by atoms with Crippen LogP contribution in [-0.2, 0) is 4.79 Å². The van der Waals surface area contributed by atoms with Gasteiger partial charge in [0.25, 0.3) is 5.56 Å². The summed E-state index contributed by atoms with van der Waals surface area (Å²) in [5.74, 6) is -0.316. The predicted molar refractivity (Wildman–Crippen MR) is 60.0 cm³/mol. The van der Waals surface area contributed by atoms with Crippen LogP contribution in [0.1, 0.15) is 24.6 Å². The second-order valence-corrected chi connectivity index (χ2v) is 3.96. The van der Waals surface area contributed by atoms with Gasteiger partial charge in [0.1, 0.15) is 6.61 Å². The van der Waals surface area contributed by atoms with E-state index in [2.05, 4.69) is 9.97 Å². The molecule has 1 aliphatic rings. The van der Waals surface area contributed by atoms with E-state index in [4.69, 9.17) is 10.8 Å². The molecular weight excluding hydrogens is 224 g/mol. The molecule has 1 aromatic rings. The molecule has 4 N–H and O–H groups in total. The molecule has 1 atom stereocenters. The lowest BCUT2D eigenvalue weighted by Crippen LogP contribution is -2.33. The Bertz CT molecular complexity index is 485. The second kappa shape index (κ2) is 4.54. The van der Waals surface area contributed by atoms with Crippen LogP contribution in [0.3, 0.4) is 0 Å². The summed E-state index contributed by atoms with van der Waals surface area (Å²) < 4.78 is 0. The van der Waals surface area contributed by atoms with Crippen LogP contribution < -0.4 is 11.3 Å². The van der Waals surface area contributed by atoms with Crippen molar-refractivity contribution in [2.24, 2.45) is 0 Å². The van der Waals surface area contributed by atoms with Crippen molar-refractivity contribution in [3.05, 3.63) is 22.1 Å². The molecule has 1 saturated heterocycles. The number of hydrogen-bond donors (Lipinski definition) is 3. The van der Waals surface area contributed by atoms with Crippen LogP contribution in [0.2, 0.25) is 0 Å². The average Bonchev–Trinajstić information content (AvgIpc) is 2.75. The molecule has 1 aromatic heterocycles. The summed E-state index contributed by atoms with van der Waals surface area (Å²) >= 11 is 0. The van der Waals surface area contributed by atoms with Gasteiger partial charge < -0.3 is 15.7 Å². The lowest BCUT2D eigenvalue weighted by Gasteiger charge is -2.23. The minimum Gasteiger partial charge on any atom is -0.387 e. The normalized spacial score (nSPS) is 19.6. The minimum atomic E-state index is -0.533. The zero-order valence-electron chi connectivity index (χ0n) is 9.22. The first kappa shape index (κ1) is 11.6. The van der Waals surface area contributed by atoms with Crippen LogP contribution in [0.25, 0.3) is 0 Å². The molecule has 17 heavy (non-hydrogen) atoms. The maximum absolute atomic E-state index is 11.5. The zero-order valence-corrected chi connectivity index (χ0v) is 9.22. The Morgan fingerprint density at radius 2 is 2.47 bits per heavy atom. The first-order valence-corrected chi connectivity index (χ1v) is 5.39. The number of nitrogens with zero attached hydrogens (tertiary/aromatic N) is 2. The van der Waals surface area contributed by atoms with Gasteiger partial charge in [0.05, 0.1) is 11.7 Å². The highest BCUT2D eigenvalue weighted by molar-refractivity contribution is 5.77. The number of amides is 1. The third-order valence-electron chi connectivity index (χ3n) is 2.83. The van der Waals surface area contributed by atoms with Gasteiger partial charge in [-0.2, -0.15) is 0 Å². The molecule has 0 saturated carbocycles. The SMILES string of the molecule is Nc1nc([C@@H]2CCCN2C(=O)CO)cc(=O)[nH]1. The van der Waals surface area contributed by atoms with E-state index in [0.717, 1.165) is 12.8 Å². The summed E-state index contributed by atoms with van der Waals surface area (Å²) in [6.45, 7) is 0.0353. The van der Waals surface area contributed by atoms with Crippen LogP contribution >= 0.6 is 0 Å². The second-order valence-electron chi connectivity index (χ2n) is 3.96. The fourth-order valence-corrected chi connectivity index (χ4v) is 2.13. The number of aromatic nitrogens is 2. The highest BCUT2D eigenvalue weighted by Gasteiger charge is 2.30. The molecule has 1 fully saturated rings. The Morgan fingerprint density at radius 1 is 1.71 bits per heavy atom. The maximum atomic E-state index is 11.5. The minimum absolute atomic E-state index is 0.0378.